The number of nitrogens with one attached hydrogen (secondary N) is 1. The van der Waals surface area contributed by atoms with Crippen molar-refractivity contribution in [3.63, 3.8) is 0 Å². The van der Waals surface area contributed by atoms with Crippen molar-refractivity contribution in [2.75, 3.05) is 47.0 Å². The smallest absolute Gasteiger partial charge is 0.382 e. The highest BCUT2D eigenvalue weighted by molar-refractivity contribution is 14.0. The summed E-state index contributed by atoms with van der Waals surface area (Å²) >= 11 is 0. The van der Waals surface area contributed by atoms with E-state index in [9.17, 15) is 13.2 Å². The molecule has 2 unspecified atom stereocenters. The van der Waals surface area contributed by atoms with E-state index < -0.39 is 18.8 Å². The van der Waals surface area contributed by atoms with Crippen LogP contribution in [0.25, 0.3) is 0 Å². The number of aliphatic imine (C=N–C) groups is 1. The lowest BCUT2D eigenvalue weighted by atomic mass is 10.3. The summed E-state index contributed by atoms with van der Waals surface area (Å²) in [5, 5.41) is 11.5. The predicted molar refractivity (Wildman–Crippen MR) is 82.0 cm³/mol. The first-order valence-corrected chi connectivity index (χ1v) is 6.19. The van der Waals surface area contributed by atoms with Crippen molar-refractivity contribution in [3.8, 4) is 0 Å². The van der Waals surface area contributed by atoms with E-state index in [-0.39, 0.29) is 30.1 Å². The van der Waals surface area contributed by atoms with Crippen LogP contribution in [0.5, 0.6) is 0 Å². The summed E-state index contributed by atoms with van der Waals surface area (Å²) in [4.78, 5) is 5.69. The Kier molecular flexibility index (Phi) is 9.49. The van der Waals surface area contributed by atoms with Crippen molar-refractivity contribution in [1.82, 2.24) is 10.2 Å². The molecule has 0 bridgehead atoms. The van der Waals surface area contributed by atoms with E-state index in [1.54, 1.807) is 12.0 Å². The highest BCUT2D eigenvalue weighted by Gasteiger charge is 2.38. The number of hydrogen-bond donors (Lipinski definition) is 2. The van der Waals surface area contributed by atoms with Crippen LogP contribution < -0.4 is 5.32 Å². The Bertz CT molecular complexity index is 330. The van der Waals surface area contributed by atoms with Crippen LogP contribution in [0.1, 0.15) is 0 Å². The molecule has 126 valence electrons. The molecule has 0 aromatic carbocycles. The first-order valence-electron chi connectivity index (χ1n) is 6.19. The SMILES string of the molecule is CN=C(NCC(O)C(F)(F)F)N1CCOC(COC)C1.I. The molecule has 0 aromatic rings. The molecule has 6 nitrogen and oxygen atoms in total. The lowest BCUT2D eigenvalue weighted by molar-refractivity contribution is -0.201. The zero-order valence-electron chi connectivity index (χ0n) is 11.9. The summed E-state index contributed by atoms with van der Waals surface area (Å²) in [7, 11) is 3.03. The van der Waals surface area contributed by atoms with Gasteiger partial charge in [-0.25, -0.2) is 0 Å². The summed E-state index contributed by atoms with van der Waals surface area (Å²) in [6.45, 7) is 1.19. The molecular weight excluding hydrogens is 406 g/mol. The van der Waals surface area contributed by atoms with Crippen molar-refractivity contribution in [3.05, 3.63) is 0 Å². The number of ether oxygens (including phenoxy) is 2. The molecule has 21 heavy (non-hydrogen) atoms. The second kappa shape index (κ2) is 9.64. The lowest BCUT2D eigenvalue weighted by Crippen LogP contribution is -2.53. The van der Waals surface area contributed by atoms with Gasteiger partial charge in [0, 0.05) is 27.2 Å². The largest absolute Gasteiger partial charge is 0.416 e. The summed E-state index contributed by atoms with van der Waals surface area (Å²) in [6, 6.07) is 0. The number of rotatable bonds is 4. The van der Waals surface area contributed by atoms with Crippen LogP contribution in [0.3, 0.4) is 0 Å². The second-order valence-corrected chi connectivity index (χ2v) is 4.38. The van der Waals surface area contributed by atoms with Crippen molar-refractivity contribution in [2.45, 2.75) is 18.4 Å². The summed E-state index contributed by atoms with van der Waals surface area (Å²) in [5.41, 5.74) is 0. The maximum Gasteiger partial charge on any atom is 0.416 e. The highest BCUT2D eigenvalue weighted by Crippen LogP contribution is 2.19. The topological polar surface area (TPSA) is 66.3 Å². The van der Waals surface area contributed by atoms with Gasteiger partial charge < -0.3 is 24.8 Å². The van der Waals surface area contributed by atoms with Gasteiger partial charge in [-0.05, 0) is 0 Å². The molecule has 2 N–H and O–H groups in total. The Labute approximate surface area is 138 Å². The summed E-state index contributed by atoms with van der Waals surface area (Å²) in [5.74, 6) is 0.303. The van der Waals surface area contributed by atoms with Gasteiger partial charge in [-0.15, -0.1) is 24.0 Å². The molecule has 0 aliphatic carbocycles. The average molecular weight is 427 g/mol. The number of nitrogens with zero attached hydrogens (tertiary/aromatic N) is 2. The molecule has 1 heterocycles. The van der Waals surface area contributed by atoms with Gasteiger partial charge in [0.1, 0.15) is 0 Å². The summed E-state index contributed by atoms with van der Waals surface area (Å²) in [6.07, 6.45) is -7.22. The zero-order chi connectivity index (χ0) is 15.2. The molecule has 1 aliphatic rings. The number of methoxy groups -OCH3 is 1. The molecule has 0 aromatic heterocycles. The van der Waals surface area contributed by atoms with Gasteiger partial charge in [0.05, 0.1) is 25.9 Å². The van der Waals surface area contributed by atoms with Gasteiger partial charge >= 0.3 is 6.18 Å². The molecule has 0 spiro atoms. The minimum absolute atomic E-state index is 0. The Hall–Kier alpha value is -0.330. The Morgan fingerprint density at radius 1 is 1.57 bits per heavy atom. The minimum Gasteiger partial charge on any atom is -0.382 e. The quantitative estimate of drug-likeness (QED) is 0.388. The van der Waals surface area contributed by atoms with E-state index in [0.29, 0.717) is 32.3 Å². The Morgan fingerprint density at radius 3 is 2.76 bits per heavy atom. The monoisotopic (exact) mass is 427 g/mol. The van der Waals surface area contributed by atoms with Crippen LogP contribution in [-0.2, 0) is 9.47 Å². The normalized spacial score (nSPS) is 21.7. The summed E-state index contributed by atoms with van der Waals surface area (Å²) < 4.78 is 47.1. The Balaban J connectivity index is 0.00000400. The zero-order valence-corrected chi connectivity index (χ0v) is 14.2. The molecule has 10 heteroatoms. The van der Waals surface area contributed by atoms with Crippen molar-refractivity contribution in [1.29, 1.82) is 0 Å². The van der Waals surface area contributed by atoms with Gasteiger partial charge in [0.25, 0.3) is 0 Å². The fourth-order valence-corrected chi connectivity index (χ4v) is 1.83. The van der Waals surface area contributed by atoms with Gasteiger partial charge in [0.2, 0.25) is 0 Å². The second-order valence-electron chi connectivity index (χ2n) is 4.38. The molecule has 1 saturated heterocycles. The Morgan fingerprint density at radius 2 is 2.24 bits per heavy atom. The van der Waals surface area contributed by atoms with Crippen LogP contribution >= 0.6 is 24.0 Å². The molecule has 1 aliphatic heterocycles. The minimum atomic E-state index is -4.64. The molecule has 0 radical (unpaired) electrons. The predicted octanol–water partition coefficient (Wildman–Crippen LogP) is 0.450. The van der Waals surface area contributed by atoms with Crippen LogP contribution in [-0.4, -0.2) is 81.4 Å². The standard InChI is InChI=1S/C11H20F3N3O3.HI/c1-15-10(16-5-9(18)11(12,13)14)17-3-4-20-8(6-17)7-19-2;/h8-9,18H,3-7H2,1-2H3,(H,15,16);1H. The fraction of sp³-hybridized carbons (Fsp3) is 0.909. The number of morpholine rings is 1. The number of hydrogen-bond acceptors (Lipinski definition) is 4. The van der Waals surface area contributed by atoms with Crippen LogP contribution in [0, 0.1) is 0 Å². The molecule has 1 rings (SSSR count). The highest BCUT2D eigenvalue weighted by atomic mass is 127. The molecule has 0 amide bonds. The number of alkyl halides is 3. The van der Waals surface area contributed by atoms with Crippen LogP contribution in [0.2, 0.25) is 0 Å². The average Bonchev–Trinajstić information content (AvgIpc) is 2.39. The van der Waals surface area contributed by atoms with E-state index in [1.165, 1.54) is 7.05 Å². The first-order chi connectivity index (χ1) is 9.38. The van der Waals surface area contributed by atoms with Crippen molar-refractivity contribution in [2.24, 2.45) is 4.99 Å². The van der Waals surface area contributed by atoms with Crippen LogP contribution in [0.4, 0.5) is 13.2 Å². The molecule has 2 atom stereocenters. The van der Waals surface area contributed by atoms with Gasteiger partial charge in [-0.3, -0.25) is 4.99 Å². The van der Waals surface area contributed by atoms with E-state index in [4.69, 9.17) is 14.6 Å². The van der Waals surface area contributed by atoms with Gasteiger partial charge in [-0.2, -0.15) is 13.2 Å². The molecule has 0 saturated carbocycles. The van der Waals surface area contributed by atoms with Gasteiger partial charge in [0.15, 0.2) is 12.1 Å². The van der Waals surface area contributed by atoms with E-state index in [1.807, 2.05) is 0 Å². The van der Waals surface area contributed by atoms with Gasteiger partial charge in [-0.1, -0.05) is 0 Å². The fourth-order valence-electron chi connectivity index (χ4n) is 1.83. The molecular formula is C11H21F3IN3O3. The lowest BCUT2D eigenvalue weighted by Gasteiger charge is -2.35. The maximum absolute atomic E-state index is 12.2. The number of aliphatic hydroxyl groups excluding tert-OH is 1. The third kappa shape index (κ3) is 6.98. The number of aliphatic hydroxyl groups is 1. The molecule has 1 fully saturated rings. The van der Waals surface area contributed by atoms with Crippen molar-refractivity contribution >= 4 is 29.9 Å². The van der Waals surface area contributed by atoms with Crippen molar-refractivity contribution < 1.29 is 27.8 Å². The van der Waals surface area contributed by atoms with E-state index in [2.05, 4.69) is 10.3 Å². The van der Waals surface area contributed by atoms with Crippen LogP contribution in [0.15, 0.2) is 4.99 Å². The third-order valence-electron chi connectivity index (χ3n) is 2.83. The first kappa shape index (κ1) is 20.7. The number of halogens is 4. The third-order valence-corrected chi connectivity index (χ3v) is 2.83. The van der Waals surface area contributed by atoms with E-state index >= 15 is 0 Å². The van der Waals surface area contributed by atoms with E-state index in [0.717, 1.165) is 0 Å². The number of guanidine groups is 1. The maximum atomic E-state index is 12.2.